The molecule has 2 N–H and O–H groups in total. The van der Waals surface area contributed by atoms with E-state index in [1.807, 2.05) is 0 Å². The van der Waals surface area contributed by atoms with Crippen LogP contribution in [0, 0.1) is 5.92 Å². The van der Waals surface area contributed by atoms with Crippen LogP contribution < -0.4 is 10.6 Å². The van der Waals surface area contributed by atoms with Crippen LogP contribution in [0.1, 0.15) is 45.1 Å². The lowest BCUT2D eigenvalue weighted by atomic mass is 9.97. The molecule has 31 heavy (non-hydrogen) atoms. The molecule has 2 fully saturated rings. The maximum atomic E-state index is 5.79. The molecule has 2 aliphatic rings. The molecule has 0 saturated carbocycles. The smallest absolute Gasteiger partial charge is 0.191 e. The van der Waals surface area contributed by atoms with Crippen molar-refractivity contribution in [3.05, 3.63) is 35.9 Å². The van der Waals surface area contributed by atoms with Gasteiger partial charge < -0.3 is 20.1 Å². The van der Waals surface area contributed by atoms with E-state index in [0.29, 0.717) is 18.0 Å². The molecule has 0 radical (unpaired) electrons. The maximum Gasteiger partial charge on any atom is 0.191 e. The molecule has 1 aromatic rings. The Labute approximate surface area is 205 Å². The van der Waals surface area contributed by atoms with Crippen LogP contribution in [-0.4, -0.2) is 69.0 Å². The van der Waals surface area contributed by atoms with Crippen molar-refractivity contribution in [2.24, 2.45) is 10.9 Å². The Bertz CT molecular complexity index is 625. The van der Waals surface area contributed by atoms with E-state index in [2.05, 4.69) is 59.7 Å². The zero-order valence-corrected chi connectivity index (χ0v) is 21.6. The monoisotopic (exact) mass is 544 g/mol. The third-order valence-electron chi connectivity index (χ3n) is 6.02. The van der Waals surface area contributed by atoms with Crippen LogP contribution in [0.4, 0.5) is 0 Å². The van der Waals surface area contributed by atoms with E-state index in [9.17, 15) is 0 Å². The average Bonchev–Trinajstić information content (AvgIpc) is 3.27. The summed E-state index contributed by atoms with van der Waals surface area (Å²) in [6, 6.07) is 11.8. The Hall–Kier alpha value is -0.900. The number of nitrogens with one attached hydrogen (secondary N) is 2. The number of likely N-dealkylation sites (tertiary alicyclic amines) is 1. The van der Waals surface area contributed by atoms with E-state index in [4.69, 9.17) is 14.5 Å². The largest absolute Gasteiger partial charge is 0.381 e. The van der Waals surface area contributed by atoms with Gasteiger partial charge in [0.1, 0.15) is 0 Å². The van der Waals surface area contributed by atoms with E-state index >= 15 is 0 Å². The average molecular weight is 545 g/mol. The van der Waals surface area contributed by atoms with Crippen molar-refractivity contribution in [1.29, 1.82) is 0 Å². The zero-order valence-electron chi connectivity index (χ0n) is 19.2. The van der Waals surface area contributed by atoms with Gasteiger partial charge in [0.25, 0.3) is 0 Å². The third-order valence-corrected chi connectivity index (χ3v) is 6.02. The molecule has 3 unspecified atom stereocenters. The number of hydrogen-bond donors (Lipinski definition) is 2. The molecule has 2 saturated heterocycles. The Morgan fingerprint density at radius 2 is 2.10 bits per heavy atom. The Kier molecular flexibility index (Phi) is 12.8. The highest BCUT2D eigenvalue weighted by molar-refractivity contribution is 14.0. The van der Waals surface area contributed by atoms with Crippen molar-refractivity contribution in [3.63, 3.8) is 0 Å². The zero-order chi connectivity index (χ0) is 21.0. The summed E-state index contributed by atoms with van der Waals surface area (Å²) in [7, 11) is 0. The predicted molar refractivity (Wildman–Crippen MR) is 138 cm³/mol. The summed E-state index contributed by atoms with van der Waals surface area (Å²) in [6.45, 7) is 11.6. The fraction of sp³-hybridized carbons (Fsp3) is 0.708. The first-order valence-corrected chi connectivity index (χ1v) is 11.7. The van der Waals surface area contributed by atoms with Gasteiger partial charge in [-0.25, -0.2) is 0 Å². The highest BCUT2D eigenvalue weighted by Gasteiger charge is 2.26. The molecule has 1 aromatic carbocycles. The number of aliphatic imine (C=N–C) groups is 1. The number of ether oxygens (including phenoxy) is 2. The molecule has 0 aromatic heterocycles. The predicted octanol–water partition coefficient (Wildman–Crippen LogP) is 3.66. The van der Waals surface area contributed by atoms with Crippen LogP contribution in [-0.2, 0) is 16.0 Å². The molecule has 0 aliphatic carbocycles. The van der Waals surface area contributed by atoms with E-state index in [1.54, 1.807) is 0 Å². The molecule has 0 bridgehead atoms. The molecule has 0 amide bonds. The van der Waals surface area contributed by atoms with Crippen molar-refractivity contribution < 1.29 is 9.47 Å². The normalized spacial score (nSPS) is 24.6. The second-order valence-electron chi connectivity index (χ2n) is 8.59. The van der Waals surface area contributed by atoms with Crippen LogP contribution >= 0.6 is 24.0 Å². The fourth-order valence-corrected chi connectivity index (χ4v) is 4.24. The van der Waals surface area contributed by atoms with Crippen LogP contribution in [0.15, 0.2) is 35.3 Å². The molecule has 176 valence electrons. The highest BCUT2D eigenvalue weighted by atomic mass is 127. The molecule has 2 aliphatic heterocycles. The molecule has 7 heteroatoms. The molecular formula is C24H41IN4O2. The van der Waals surface area contributed by atoms with Gasteiger partial charge in [-0.3, -0.25) is 9.89 Å². The van der Waals surface area contributed by atoms with Gasteiger partial charge in [-0.2, -0.15) is 0 Å². The first kappa shape index (κ1) is 26.4. The Morgan fingerprint density at radius 3 is 2.81 bits per heavy atom. The minimum absolute atomic E-state index is 0. The summed E-state index contributed by atoms with van der Waals surface area (Å²) in [5.41, 5.74) is 1.40. The molecule has 2 heterocycles. The fourth-order valence-electron chi connectivity index (χ4n) is 4.24. The standard InChI is InChI=1S/C24H40N4O2.HI/c1-3-25-24(26-12-7-14-29-18-22-11-15-30-19-22)27-23-10-13-28(20(2)16-23)17-21-8-5-4-6-9-21;/h4-6,8-9,20,22-23H,3,7,10-19H2,1-2H3,(H2,25,26,27);1H. The van der Waals surface area contributed by atoms with Gasteiger partial charge in [0.15, 0.2) is 5.96 Å². The lowest BCUT2D eigenvalue weighted by molar-refractivity contribution is 0.0893. The summed E-state index contributed by atoms with van der Waals surface area (Å²) in [4.78, 5) is 7.35. The topological polar surface area (TPSA) is 58.1 Å². The third kappa shape index (κ3) is 9.63. The summed E-state index contributed by atoms with van der Waals surface area (Å²) >= 11 is 0. The lowest BCUT2D eigenvalue weighted by Gasteiger charge is -2.38. The van der Waals surface area contributed by atoms with Gasteiger partial charge in [0.2, 0.25) is 0 Å². The number of benzene rings is 1. The lowest BCUT2D eigenvalue weighted by Crippen LogP contribution is -2.51. The van der Waals surface area contributed by atoms with Crippen molar-refractivity contribution in [3.8, 4) is 0 Å². The summed E-state index contributed by atoms with van der Waals surface area (Å²) in [5.74, 6) is 1.53. The minimum atomic E-state index is 0. The van der Waals surface area contributed by atoms with Crippen molar-refractivity contribution in [2.75, 3.05) is 46.1 Å². The summed E-state index contributed by atoms with van der Waals surface area (Å²) < 4.78 is 11.2. The first-order chi connectivity index (χ1) is 14.7. The number of guanidine groups is 1. The van der Waals surface area contributed by atoms with Gasteiger partial charge in [-0.05, 0) is 45.1 Å². The van der Waals surface area contributed by atoms with E-state index in [1.165, 1.54) is 5.56 Å². The first-order valence-electron chi connectivity index (χ1n) is 11.7. The molecule has 3 atom stereocenters. The number of halogens is 1. The number of rotatable bonds is 10. The second kappa shape index (κ2) is 15.0. The van der Waals surface area contributed by atoms with Gasteiger partial charge in [0, 0.05) is 57.4 Å². The number of piperidine rings is 1. The van der Waals surface area contributed by atoms with Gasteiger partial charge in [-0.1, -0.05) is 30.3 Å². The molecule has 3 rings (SSSR count). The number of nitrogens with zero attached hydrogens (tertiary/aromatic N) is 2. The molecule has 6 nitrogen and oxygen atoms in total. The highest BCUT2D eigenvalue weighted by Crippen LogP contribution is 2.20. The quantitative estimate of drug-likeness (QED) is 0.204. The van der Waals surface area contributed by atoms with Crippen molar-refractivity contribution >= 4 is 29.9 Å². The van der Waals surface area contributed by atoms with Crippen LogP contribution in [0.3, 0.4) is 0 Å². The van der Waals surface area contributed by atoms with E-state index < -0.39 is 0 Å². The summed E-state index contributed by atoms with van der Waals surface area (Å²) in [5, 5.41) is 7.06. The molecule has 0 spiro atoms. The van der Waals surface area contributed by atoms with Crippen LogP contribution in [0.2, 0.25) is 0 Å². The van der Waals surface area contributed by atoms with Gasteiger partial charge >= 0.3 is 0 Å². The van der Waals surface area contributed by atoms with Crippen LogP contribution in [0.25, 0.3) is 0 Å². The minimum Gasteiger partial charge on any atom is -0.381 e. The Balaban J connectivity index is 0.00000341. The maximum absolute atomic E-state index is 5.79. The van der Waals surface area contributed by atoms with Crippen molar-refractivity contribution in [2.45, 2.75) is 58.2 Å². The number of hydrogen-bond acceptors (Lipinski definition) is 4. The molecular weight excluding hydrogens is 503 g/mol. The van der Waals surface area contributed by atoms with E-state index in [-0.39, 0.29) is 24.0 Å². The van der Waals surface area contributed by atoms with Crippen molar-refractivity contribution in [1.82, 2.24) is 15.5 Å². The van der Waals surface area contributed by atoms with Crippen LogP contribution in [0.5, 0.6) is 0 Å². The SMILES string of the molecule is CCNC(=NCCCOCC1CCOC1)NC1CCN(Cc2ccccc2)C(C)C1.I. The van der Waals surface area contributed by atoms with Gasteiger partial charge in [0.05, 0.1) is 13.2 Å². The van der Waals surface area contributed by atoms with Gasteiger partial charge in [-0.15, -0.1) is 24.0 Å². The van der Waals surface area contributed by atoms with E-state index in [0.717, 1.165) is 84.2 Å². The summed E-state index contributed by atoms with van der Waals surface area (Å²) in [6.07, 6.45) is 4.38. The second-order valence-corrected chi connectivity index (χ2v) is 8.59. The Morgan fingerprint density at radius 1 is 1.26 bits per heavy atom.